The highest BCUT2D eigenvalue weighted by atomic mass is 15.1. The molecule has 0 radical (unpaired) electrons. The SMILES string of the molecule is c1cc(CC2CCNC2)[nH]n1. The van der Waals surface area contributed by atoms with Gasteiger partial charge in [-0.3, -0.25) is 5.10 Å². The van der Waals surface area contributed by atoms with E-state index in [1.165, 1.54) is 25.2 Å². The smallest absolute Gasteiger partial charge is 0.0490 e. The minimum Gasteiger partial charge on any atom is -0.316 e. The number of hydrogen-bond donors (Lipinski definition) is 2. The molecule has 0 aromatic carbocycles. The number of rotatable bonds is 2. The monoisotopic (exact) mass is 151 g/mol. The molecule has 3 heteroatoms. The van der Waals surface area contributed by atoms with Gasteiger partial charge in [0.05, 0.1) is 0 Å². The second-order valence-corrected chi connectivity index (χ2v) is 3.14. The molecule has 11 heavy (non-hydrogen) atoms. The van der Waals surface area contributed by atoms with Gasteiger partial charge in [-0.1, -0.05) is 0 Å². The molecular formula is C8H13N3. The molecule has 1 aliphatic rings. The summed E-state index contributed by atoms with van der Waals surface area (Å²) in [6.45, 7) is 2.35. The average Bonchev–Trinajstić information content (AvgIpc) is 2.60. The first-order valence-electron chi connectivity index (χ1n) is 4.14. The molecule has 0 bridgehead atoms. The Morgan fingerprint density at radius 2 is 2.64 bits per heavy atom. The third-order valence-electron chi connectivity index (χ3n) is 2.23. The molecule has 0 spiro atoms. The fraction of sp³-hybridized carbons (Fsp3) is 0.625. The van der Waals surface area contributed by atoms with Crippen molar-refractivity contribution < 1.29 is 0 Å². The summed E-state index contributed by atoms with van der Waals surface area (Å²) in [5.41, 5.74) is 1.26. The van der Waals surface area contributed by atoms with Crippen molar-refractivity contribution in [3.63, 3.8) is 0 Å². The lowest BCUT2D eigenvalue weighted by Crippen LogP contribution is -2.10. The van der Waals surface area contributed by atoms with E-state index in [2.05, 4.69) is 21.6 Å². The van der Waals surface area contributed by atoms with E-state index in [0.717, 1.165) is 12.3 Å². The normalized spacial score (nSPS) is 24.2. The van der Waals surface area contributed by atoms with Crippen molar-refractivity contribution in [2.75, 3.05) is 13.1 Å². The quantitative estimate of drug-likeness (QED) is 0.648. The standard InChI is InChI=1S/C8H13N3/c1-3-9-6-7(1)5-8-2-4-10-11-8/h2,4,7,9H,1,3,5-6H2,(H,10,11). The zero-order valence-electron chi connectivity index (χ0n) is 6.51. The predicted molar refractivity (Wildman–Crippen MR) is 43.3 cm³/mol. The summed E-state index contributed by atoms with van der Waals surface area (Å²) in [6, 6.07) is 2.05. The van der Waals surface area contributed by atoms with Crippen molar-refractivity contribution in [1.82, 2.24) is 15.5 Å². The van der Waals surface area contributed by atoms with E-state index in [0.29, 0.717) is 0 Å². The van der Waals surface area contributed by atoms with E-state index in [-0.39, 0.29) is 0 Å². The number of aromatic amines is 1. The molecular weight excluding hydrogens is 138 g/mol. The lowest BCUT2D eigenvalue weighted by molar-refractivity contribution is 0.571. The fourth-order valence-corrected chi connectivity index (χ4v) is 1.60. The molecule has 0 saturated carbocycles. The third kappa shape index (κ3) is 1.60. The Kier molecular flexibility index (Phi) is 1.90. The van der Waals surface area contributed by atoms with Crippen LogP contribution in [0.1, 0.15) is 12.1 Å². The highest BCUT2D eigenvalue weighted by Gasteiger charge is 2.14. The van der Waals surface area contributed by atoms with Crippen LogP contribution in [0, 0.1) is 5.92 Å². The topological polar surface area (TPSA) is 40.7 Å². The molecule has 2 rings (SSSR count). The lowest BCUT2D eigenvalue weighted by Gasteiger charge is -2.04. The maximum atomic E-state index is 3.92. The van der Waals surface area contributed by atoms with Gasteiger partial charge in [-0.2, -0.15) is 5.10 Å². The molecule has 1 unspecified atom stereocenters. The minimum absolute atomic E-state index is 0.815. The van der Waals surface area contributed by atoms with E-state index >= 15 is 0 Å². The van der Waals surface area contributed by atoms with Crippen LogP contribution in [-0.4, -0.2) is 23.3 Å². The van der Waals surface area contributed by atoms with Gasteiger partial charge >= 0.3 is 0 Å². The molecule has 60 valence electrons. The van der Waals surface area contributed by atoms with E-state index in [1.54, 1.807) is 0 Å². The van der Waals surface area contributed by atoms with Gasteiger partial charge in [0.25, 0.3) is 0 Å². The molecule has 1 saturated heterocycles. The van der Waals surface area contributed by atoms with Crippen LogP contribution in [0.5, 0.6) is 0 Å². The maximum Gasteiger partial charge on any atom is 0.0490 e. The lowest BCUT2D eigenvalue weighted by atomic mass is 10.0. The van der Waals surface area contributed by atoms with E-state index in [1.807, 2.05) is 6.20 Å². The van der Waals surface area contributed by atoms with Crippen LogP contribution in [0.4, 0.5) is 0 Å². The van der Waals surface area contributed by atoms with Gasteiger partial charge in [-0.25, -0.2) is 0 Å². The van der Waals surface area contributed by atoms with Crippen LogP contribution < -0.4 is 5.32 Å². The van der Waals surface area contributed by atoms with Crippen LogP contribution in [0.2, 0.25) is 0 Å². The molecule has 0 aliphatic carbocycles. The van der Waals surface area contributed by atoms with Gasteiger partial charge in [0, 0.05) is 11.9 Å². The molecule has 1 fully saturated rings. The minimum atomic E-state index is 0.815. The summed E-state index contributed by atoms with van der Waals surface area (Å²) in [4.78, 5) is 0. The molecule has 2 N–H and O–H groups in total. The largest absolute Gasteiger partial charge is 0.316 e. The third-order valence-corrected chi connectivity index (χ3v) is 2.23. The van der Waals surface area contributed by atoms with Gasteiger partial charge in [0.15, 0.2) is 0 Å². The molecule has 1 aromatic rings. The Morgan fingerprint density at radius 1 is 1.64 bits per heavy atom. The van der Waals surface area contributed by atoms with Crippen LogP contribution in [0.3, 0.4) is 0 Å². The van der Waals surface area contributed by atoms with Gasteiger partial charge < -0.3 is 5.32 Å². The molecule has 1 atom stereocenters. The highest BCUT2D eigenvalue weighted by molar-refractivity contribution is 4.99. The summed E-state index contributed by atoms with van der Waals surface area (Å²) in [5, 5.41) is 10.3. The number of hydrogen-bond acceptors (Lipinski definition) is 2. The summed E-state index contributed by atoms with van der Waals surface area (Å²) >= 11 is 0. The molecule has 1 aromatic heterocycles. The first-order chi connectivity index (χ1) is 5.45. The zero-order valence-corrected chi connectivity index (χ0v) is 6.51. The van der Waals surface area contributed by atoms with Gasteiger partial charge in [-0.15, -0.1) is 0 Å². The molecule has 1 aliphatic heterocycles. The van der Waals surface area contributed by atoms with Crippen molar-refractivity contribution in [2.24, 2.45) is 5.92 Å². The van der Waals surface area contributed by atoms with Crippen molar-refractivity contribution in [3.8, 4) is 0 Å². The van der Waals surface area contributed by atoms with Crippen molar-refractivity contribution in [3.05, 3.63) is 18.0 Å². The zero-order chi connectivity index (χ0) is 7.52. The predicted octanol–water partition coefficient (Wildman–Crippen LogP) is 0.562. The van der Waals surface area contributed by atoms with Crippen molar-refractivity contribution in [2.45, 2.75) is 12.8 Å². The van der Waals surface area contributed by atoms with Crippen LogP contribution in [0.15, 0.2) is 12.3 Å². The fourth-order valence-electron chi connectivity index (χ4n) is 1.60. The van der Waals surface area contributed by atoms with Gasteiger partial charge in [-0.05, 0) is 37.9 Å². The van der Waals surface area contributed by atoms with Crippen molar-refractivity contribution >= 4 is 0 Å². The Balaban J connectivity index is 1.90. The Morgan fingerprint density at radius 3 is 3.27 bits per heavy atom. The summed E-state index contributed by atoms with van der Waals surface area (Å²) in [6.07, 6.45) is 4.27. The van der Waals surface area contributed by atoms with Crippen molar-refractivity contribution in [1.29, 1.82) is 0 Å². The number of nitrogens with zero attached hydrogens (tertiary/aromatic N) is 1. The Hall–Kier alpha value is -0.830. The average molecular weight is 151 g/mol. The van der Waals surface area contributed by atoms with Gasteiger partial charge in [0.2, 0.25) is 0 Å². The summed E-state index contributed by atoms with van der Waals surface area (Å²) in [7, 11) is 0. The van der Waals surface area contributed by atoms with E-state index < -0.39 is 0 Å². The molecule has 0 amide bonds. The second-order valence-electron chi connectivity index (χ2n) is 3.14. The second kappa shape index (κ2) is 3.05. The number of nitrogens with one attached hydrogen (secondary N) is 2. The first kappa shape index (κ1) is 6.85. The van der Waals surface area contributed by atoms with Crippen LogP contribution in [0.25, 0.3) is 0 Å². The van der Waals surface area contributed by atoms with E-state index in [9.17, 15) is 0 Å². The van der Waals surface area contributed by atoms with Gasteiger partial charge in [0.1, 0.15) is 0 Å². The summed E-state index contributed by atoms with van der Waals surface area (Å²) in [5.74, 6) is 0.815. The Labute approximate surface area is 66.2 Å². The molecule has 3 nitrogen and oxygen atoms in total. The summed E-state index contributed by atoms with van der Waals surface area (Å²) < 4.78 is 0. The first-order valence-corrected chi connectivity index (χ1v) is 4.14. The number of H-pyrrole nitrogens is 1. The molecule has 2 heterocycles. The number of aromatic nitrogens is 2. The maximum absolute atomic E-state index is 3.92. The van der Waals surface area contributed by atoms with Crippen LogP contribution in [-0.2, 0) is 6.42 Å². The highest BCUT2D eigenvalue weighted by Crippen LogP contribution is 2.12. The Bertz CT molecular complexity index is 199. The van der Waals surface area contributed by atoms with Crippen LogP contribution >= 0.6 is 0 Å². The van der Waals surface area contributed by atoms with E-state index in [4.69, 9.17) is 0 Å².